The number of carbonyl (C=O) groups excluding carboxylic acids is 1. The number of carbonyl (C=O) groups is 1. The number of aromatic hydroxyl groups is 1. The average molecular weight is 330 g/mol. The average Bonchev–Trinajstić information content (AvgIpc) is 2.56. The molecule has 120 valence electrons. The molecule has 0 spiro atoms. The first-order chi connectivity index (χ1) is 11.1. The highest BCUT2D eigenvalue weighted by molar-refractivity contribution is 7.80. The summed E-state index contributed by atoms with van der Waals surface area (Å²) in [5.74, 6) is -0.229. The number of hydrogen-bond acceptors (Lipinski definition) is 4. The Bertz CT molecular complexity index is 659. The molecule has 1 atom stereocenters. The van der Waals surface area contributed by atoms with Gasteiger partial charge in [-0.05, 0) is 42.0 Å². The third kappa shape index (κ3) is 5.27. The van der Waals surface area contributed by atoms with Crippen LogP contribution in [0.15, 0.2) is 54.6 Å². The maximum Gasteiger partial charge on any atom is 0.328 e. The molecule has 0 aliphatic heterocycles. The van der Waals surface area contributed by atoms with E-state index in [1.54, 1.807) is 24.3 Å². The lowest BCUT2D eigenvalue weighted by Gasteiger charge is -2.19. The van der Waals surface area contributed by atoms with Crippen LogP contribution < -0.4 is 10.6 Å². The lowest BCUT2D eigenvalue weighted by atomic mass is 10.1. The van der Waals surface area contributed by atoms with E-state index in [-0.39, 0.29) is 5.75 Å². The lowest BCUT2D eigenvalue weighted by Crippen LogP contribution is -2.44. The quantitative estimate of drug-likeness (QED) is 0.578. The van der Waals surface area contributed by atoms with Gasteiger partial charge in [0, 0.05) is 12.1 Å². The molecule has 0 radical (unpaired) electrons. The standard InChI is InChI=1S/C17H18N2O3S/c1-22-16(21)15(11-12-7-9-14(20)10-8-12)19-17(23)18-13-5-3-2-4-6-13/h2-10,15,20H,11H2,1H3,(H2,18,19,23). The molecule has 5 nitrogen and oxygen atoms in total. The molecule has 2 aromatic rings. The number of methoxy groups -OCH3 is 1. The van der Waals surface area contributed by atoms with Crippen molar-refractivity contribution in [3.8, 4) is 5.75 Å². The van der Waals surface area contributed by atoms with Crippen molar-refractivity contribution in [2.45, 2.75) is 12.5 Å². The molecule has 0 aromatic heterocycles. The van der Waals surface area contributed by atoms with Gasteiger partial charge in [0.25, 0.3) is 0 Å². The van der Waals surface area contributed by atoms with Gasteiger partial charge in [0.2, 0.25) is 0 Å². The summed E-state index contributed by atoms with van der Waals surface area (Å²) in [5, 5.41) is 15.6. The van der Waals surface area contributed by atoms with E-state index in [2.05, 4.69) is 10.6 Å². The van der Waals surface area contributed by atoms with E-state index in [4.69, 9.17) is 17.0 Å². The van der Waals surface area contributed by atoms with Gasteiger partial charge in [0.05, 0.1) is 7.11 Å². The van der Waals surface area contributed by atoms with E-state index in [0.29, 0.717) is 11.5 Å². The number of phenols is 1. The summed E-state index contributed by atoms with van der Waals surface area (Å²) >= 11 is 5.25. The minimum absolute atomic E-state index is 0.178. The number of hydrogen-bond donors (Lipinski definition) is 3. The maximum absolute atomic E-state index is 11.9. The highest BCUT2D eigenvalue weighted by Crippen LogP contribution is 2.12. The number of phenolic OH excluding ortho intramolecular Hbond substituents is 1. The van der Waals surface area contributed by atoms with Crippen LogP contribution in [0.25, 0.3) is 0 Å². The van der Waals surface area contributed by atoms with Crippen LogP contribution in [0.1, 0.15) is 5.56 Å². The van der Waals surface area contributed by atoms with E-state index in [9.17, 15) is 9.90 Å². The Hall–Kier alpha value is -2.60. The zero-order valence-electron chi connectivity index (χ0n) is 12.7. The molecule has 0 saturated carbocycles. The van der Waals surface area contributed by atoms with E-state index < -0.39 is 12.0 Å². The van der Waals surface area contributed by atoms with Crippen LogP contribution >= 0.6 is 12.2 Å². The van der Waals surface area contributed by atoms with Crippen molar-refractivity contribution in [2.75, 3.05) is 12.4 Å². The van der Waals surface area contributed by atoms with E-state index in [0.717, 1.165) is 11.3 Å². The Balaban J connectivity index is 2.02. The first-order valence-corrected chi connectivity index (χ1v) is 7.47. The second-order valence-electron chi connectivity index (χ2n) is 4.91. The number of benzene rings is 2. The molecule has 3 N–H and O–H groups in total. The fraction of sp³-hybridized carbons (Fsp3) is 0.176. The molecule has 23 heavy (non-hydrogen) atoms. The van der Waals surface area contributed by atoms with Crippen molar-refractivity contribution in [1.82, 2.24) is 5.32 Å². The molecule has 0 aliphatic rings. The predicted octanol–water partition coefficient (Wildman–Crippen LogP) is 2.46. The van der Waals surface area contributed by atoms with Gasteiger partial charge in [-0.25, -0.2) is 4.79 Å². The van der Waals surface area contributed by atoms with Crippen molar-refractivity contribution in [1.29, 1.82) is 0 Å². The lowest BCUT2D eigenvalue weighted by molar-refractivity contribution is -0.142. The van der Waals surface area contributed by atoms with Crippen molar-refractivity contribution in [2.24, 2.45) is 0 Å². The second-order valence-corrected chi connectivity index (χ2v) is 5.32. The molecule has 2 aromatic carbocycles. The minimum Gasteiger partial charge on any atom is -0.508 e. The van der Waals surface area contributed by atoms with Gasteiger partial charge >= 0.3 is 5.97 Å². The van der Waals surface area contributed by atoms with Crippen molar-refractivity contribution < 1.29 is 14.6 Å². The monoisotopic (exact) mass is 330 g/mol. The molecule has 0 heterocycles. The summed E-state index contributed by atoms with van der Waals surface area (Å²) in [6.45, 7) is 0. The number of rotatable bonds is 5. The molecule has 0 amide bonds. The van der Waals surface area contributed by atoms with Crippen molar-refractivity contribution >= 4 is 29.0 Å². The van der Waals surface area contributed by atoms with E-state index in [1.165, 1.54) is 7.11 Å². The molecule has 2 rings (SSSR count). The maximum atomic E-state index is 11.9. The number of nitrogens with one attached hydrogen (secondary N) is 2. The van der Waals surface area contributed by atoms with Crippen molar-refractivity contribution in [3.63, 3.8) is 0 Å². The molecule has 0 fully saturated rings. The molecule has 0 aliphatic carbocycles. The van der Waals surface area contributed by atoms with Crippen LogP contribution in [0.3, 0.4) is 0 Å². The molecule has 1 unspecified atom stereocenters. The highest BCUT2D eigenvalue weighted by atomic mass is 32.1. The van der Waals surface area contributed by atoms with Gasteiger partial charge in [-0.3, -0.25) is 0 Å². The number of esters is 1. The first kappa shape index (κ1) is 16.8. The molecule has 6 heteroatoms. The van der Waals surface area contributed by atoms with E-state index >= 15 is 0 Å². The van der Waals surface area contributed by atoms with Crippen LogP contribution in [-0.2, 0) is 16.0 Å². The summed E-state index contributed by atoms with van der Waals surface area (Å²) in [7, 11) is 1.33. The minimum atomic E-state index is -0.617. The van der Waals surface area contributed by atoms with Crippen LogP contribution in [0.4, 0.5) is 5.69 Å². The summed E-state index contributed by atoms with van der Waals surface area (Å²) in [6, 6.07) is 15.5. The first-order valence-electron chi connectivity index (χ1n) is 7.07. The molecular formula is C17H18N2O3S. The molecule has 0 saturated heterocycles. The Morgan fingerprint density at radius 2 is 1.83 bits per heavy atom. The highest BCUT2D eigenvalue weighted by Gasteiger charge is 2.20. The van der Waals surface area contributed by atoms with E-state index in [1.807, 2.05) is 30.3 Å². The molecular weight excluding hydrogens is 312 g/mol. The zero-order valence-corrected chi connectivity index (χ0v) is 13.5. The Morgan fingerprint density at radius 1 is 1.17 bits per heavy atom. The predicted molar refractivity (Wildman–Crippen MR) is 93.4 cm³/mol. The van der Waals surface area contributed by atoms with Crippen LogP contribution in [0.2, 0.25) is 0 Å². The van der Waals surface area contributed by atoms with Crippen LogP contribution in [0, 0.1) is 0 Å². The van der Waals surface area contributed by atoms with Gasteiger partial charge in [-0.1, -0.05) is 30.3 Å². The van der Waals surface area contributed by atoms with Crippen LogP contribution in [0.5, 0.6) is 5.75 Å². The summed E-state index contributed by atoms with van der Waals surface area (Å²) in [6.07, 6.45) is 0.392. The van der Waals surface area contributed by atoms with Gasteiger partial charge in [-0.15, -0.1) is 0 Å². The Kier molecular flexibility index (Phi) is 5.94. The van der Waals surface area contributed by atoms with Crippen LogP contribution in [-0.4, -0.2) is 29.3 Å². The Morgan fingerprint density at radius 3 is 2.43 bits per heavy atom. The summed E-state index contributed by atoms with van der Waals surface area (Å²) < 4.78 is 4.82. The normalized spacial score (nSPS) is 11.3. The zero-order chi connectivity index (χ0) is 16.7. The smallest absolute Gasteiger partial charge is 0.328 e. The topological polar surface area (TPSA) is 70.6 Å². The van der Waals surface area contributed by atoms with Gasteiger partial charge < -0.3 is 20.5 Å². The molecule has 0 bridgehead atoms. The van der Waals surface area contributed by atoms with Crippen molar-refractivity contribution in [3.05, 3.63) is 60.2 Å². The summed E-state index contributed by atoms with van der Waals surface area (Å²) in [5.41, 5.74) is 1.71. The number of thiocarbonyl (C=S) groups is 1. The van der Waals surface area contributed by atoms with Gasteiger partial charge in [0.1, 0.15) is 11.8 Å². The Labute approximate surface area is 140 Å². The largest absolute Gasteiger partial charge is 0.508 e. The number of ether oxygens (including phenoxy) is 1. The fourth-order valence-corrected chi connectivity index (χ4v) is 2.31. The summed E-state index contributed by atoms with van der Waals surface area (Å²) in [4.78, 5) is 11.9. The number of para-hydroxylation sites is 1. The third-order valence-electron chi connectivity index (χ3n) is 3.20. The SMILES string of the molecule is COC(=O)C(Cc1ccc(O)cc1)NC(=S)Nc1ccccc1. The van der Waals surface area contributed by atoms with Gasteiger partial charge in [0.15, 0.2) is 5.11 Å². The fourth-order valence-electron chi connectivity index (χ4n) is 2.05. The van der Waals surface area contributed by atoms with Gasteiger partial charge in [-0.2, -0.15) is 0 Å². The third-order valence-corrected chi connectivity index (χ3v) is 3.42. The second kappa shape index (κ2) is 8.14. The number of anilines is 1.